The second-order valence-electron chi connectivity index (χ2n) is 8.49. The predicted octanol–water partition coefficient (Wildman–Crippen LogP) is 3.80. The standard InChI is InChI=1S/C24H27N3O5S2/c1-3-26-19-14-20-21(32-13-12-31-20)15-22(19)33-24(26)25-23(28)17-7-9-18(10-8-17)34(29,30)27-11-5-4-6-16(27)2/h7-10,14-16H,3-6,11-13H2,1-2H3. The van der Waals surface area contributed by atoms with Crippen molar-refractivity contribution in [1.82, 2.24) is 8.87 Å². The summed E-state index contributed by atoms with van der Waals surface area (Å²) in [6.45, 7) is 6.12. The van der Waals surface area contributed by atoms with Gasteiger partial charge >= 0.3 is 0 Å². The zero-order valence-corrected chi connectivity index (χ0v) is 20.8. The topological polar surface area (TPSA) is 90.2 Å². The molecule has 8 nitrogen and oxygen atoms in total. The van der Waals surface area contributed by atoms with Crippen LogP contribution in [0.1, 0.15) is 43.5 Å². The lowest BCUT2D eigenvalue weighted by atomic mass is 10.1. The predicted molar refractivity (Wildman–Crippen MR) is 130 cm³/mol. The van der Waals surface area contributed by atoms with Gasteiger partial charge in [-0.05, 0) is 51.0 Å². The SMILES string of the molecule is CCn1c(=NC(=O)c2ccc(S(=O)(=O)N3CCCCC3C)cc2)sc2cc3c(cc21)OCCO3. The van der Waals surface area contributed by atoms with Gasteiger partial charge in [-0.3, -0.25) is 4.79 Å². The smallest absolute Gasteiger partial charge is 0.279 e. The normalized spacial score (nSPS) is 19.5. The number of carbonyl (C=O) groups excluding carboxylic acids is 1. The molecule has 34 heavy (non-hydrogen) atoms. The number of carbonyl (C=O) groups is 1. The van der Waals surface area contributed by atoms with Gasteiger partial charge in [0.1, 0.15) is 13.2 Å². The minimum Gasteiger partial charge on any atom is -0.486 e. The van der Waals surface area contributed by atoms with Crippen LogP contribution in [-0.2, 0) is 16.6 Å². The Balaban J connectivity index is 1.45. The van der Waals surface area contributed by atoms with Gasteiger partial charge in [0.15, 0.2) is 16.3 Å². The number of fused-ring (bicyclic) bond motifs is 2. The number of thiazole rings is 1. The van der Waals surface area contributed by atoms with Crippen LogP contribution in [0.15, 0.2) is 46.3 Å². The van der Waals surface area contributed by atoms with Crippen LogP contribution in [-0.4, -0.2) is 49.0 Å². The Hall–Kier alpha value is -2.69. The lowest BCUT2D eigenvalue weighted by Crippen LogP contribution is -2.41. The second-order valence-corrected chi connectivity index (χ2v) is 11.4. The first-order valence-corrected chi connectivity index (χ1v) is 13.8. The van der Waals surface area contributed by atoms with E-state index in [0.717, 1.165) is 29.5 Å². The second kappa shape index (κ2) is 9.16. The fourth-order valence-electron chi connectivity index (χ4n) is 4.48. The maximum Gasteiger partial charge on any atom is 0.279 e. The summed E-state index contributed by atoms with van der Waals surface area (Å²) in [6.07, 6.45) is 2.77. The first kappa shape index (κ1) is 23.1. The number of hydrogen-bond acceptors (Lipinski definition) is 6. The van der Waals surface area contributed by atoms with E-state index in [4.69, 9.17) is 9.47 Å². The highest BCUT2D eigenvalue weighted by atomic mass is 32.2. The van der Waals surface area contributed by atoms with Crippen LogP contribution in [0.4, 0.5) is 0 Å². The zero-order chi connectivity index (χ0) is 23.9. The molecule has 5 rings (SSSR count). The Labute approximate surface area is 202 Å². The monoisotopic (exact) mass is 501 g/mol. The maximum atomic E-state index is 13.1. The van der Waals surface area contributed by atoms with E-state index in [0.29, 0.717) is 48.2 Å². The molecule has 1 aromatic heterocycles. The van der Waals surface area contributed by atoms with Gasteiger partial charge in [-0.2, -0.15) is 9.30 Å². The van der Waals surface area contributed by atoms with Crippen molar-refractivity contribution in [2.75, 3.05) is 19.8 Å². The molecule has 0 aliphatic carbocycles. The highest BCUT2D eigenvalue weighted by Crippen LogP contribution is 2.35. The summed E-state index contributed by atoms with van der Waals surface area (Å²) in [5, 5.41) is 0. The van der Waals surface area contributed by atoms with Crippen molar-refractivity contribution >= 4 is 37.5 Å². The average molecular weight is 502 g/mol. The van der Waals surface area contributed by atoms with E-state index in [1.165, 1.54) is 35.6 Å². The summed E-state index contributed by atoms with van der Waals surface area (Å²) >= 11 is 1.41. The Bertz CT molecular complexity index is 1410. The largest absolute Gasteiger partial charge is 0.486 e. The third kappa shape index (κ3) is 4.14. The first-order valence-electron chi connectivity index (χ1n) is 11.5. The van der Waals surface area contributed by atoms with E-state index in [2.05, 4.69) is 4.99 Å². The van der Waals surface area contributed by atoms with Crippen molar-refractivity contribution in [3.05, 3.63) is 46.8 Å². The van der Waals surface area contributed by atoms with Crippen molar-refractivity contribution < 1.29 is 22.7 Å². The summed E-state index contributed by atoms with van der Waals surface area (Å²) in [5.41, 5.74) is 1.28. The number of hydrogen-bond donors (Lipinski definition) is 0. The zero-order valence-electron chi connectivity index (χ0n) is 19.2. The molecule has 1 unspecified atom stereocenters. The summed E-state index contributed by atoms with van der Waals surface area (Å²) in [7, 11) is -3.58. The third-order valence-corrected chi connectivity index (χ3v) is 9.38. The van der Waals surface area contributed by atoms with Crippen molar-refractivity contribution in [3.63, 3.8) is 0 Å². The highest BCUT2D eigenvalue weighted by Gasteiger charge is 2.31. The Kier molecular flexibility index (Phi) is 6.22. The first-order chi connectivity index (χ1) is 16.4. The molecule has 180 valence electrons. The summed E-state index contributed by atoms with van der Waals surface area (Å²) in [4.78, 5) is 18.1. The molecule has 3 aromatic rings. The molecular weight excluding hydrogens is 474 g/mol. The molecule has 3 heterocycles. The molecular formula is C24H27N3O5S2. The van der Waals surface area contributed by atoms with Gasteiger partial charge in [0.2, 0.25) is 10.0 Å². The summed E-state index contributed by atoms with van der Waals surface area (Å²) in [6, 6.07) is 9.91. The molecule has 2 aliphatic rings. The van der Waals surface area contributed by atoms with Crippen LogP contribution in [0.3, 0.4) is 0 Å². The number of aromatic nitrogens is 1. The van der Waals surface area contributed by atoms with Crippen LogP contribution in [0, 0.1) is 0 Å². The molecule has 2 aromatic carbocycles. The molecule has 1 saturated heterocycles. The molecule has 0 spiro atoms. The Morgan fingerprint density at radius 1 is 1.12 bits per heavy atom. The molecule has 1 atom stereocenters. The maximum absolute atomic E-state index is 13.1. The van der Waals surface area contributed by atoms with Gasteiger partial charge in [0, 0.05) is 36.8 Å². The van der Waals surface area contributed by atoms with Gasteiger partial charge in [0.25, 0.3) is 5.91 Å². The summed E-state index contributed by atoms with van der Waals surface area (Å²) in [5.74, 6) is 0.971. The van der Waals surface area contributed by atoms with Crippen LogP contribution in [0.25, 0.3) is 10.2 Å². The molecule has 2 aliphatic heterocycles. The van der Waals surface area contributed by atoms with Gasteiger partial charge in [-0.15, -0.1) is 0 Å². The average Bonchev–Trinajstić information content (AvgIpc) is 3.18. The van der Waals surface area contributed by atoms with Crippen LogP contribution in [0.2, 0.25) is 0 Å². The van der Waals surface area contributed by atoms with Crippen molar-refractivity contribution in [2.24, 2.45) is 4.99 Å². The number of rotatable bonds is 4. The van der Waals surface area contributed by atoms with Gasteiger partial charge in [0.05, 0.1) is 15.1 Å². The lowest BCUT2D eigenvalue weighted by Gasteiger charge is -2.32. The molecule has 10 heteroatoms. The van der Waals surface area contributed by atoms with E-state index in [-0.39, 0.29) is 10.9 Å². The van der Waals surface area contributed by atoms with Gasteiger partial charge in [-0.1, -0.05) is 17.8 Å². The lowest BCUT2D eigenvalue weighted by molar-refractivity contribution is 0.0997. The van der Waals surface area contributed by atoms with Gasteiger partial charge < -0.3 is 14.0 Å². The number of nitrogens with zero attached hydrogens (tertiary/aromatic N) is 3. The van der Waals surface area contributed by atoms with E-state index in [1.54, 1.807) is 4.31 Å². The van der Waals surface area contributed by atoms with E-state index < -0.39 is 15.9 Å². The number of piperidine rings is 1. The molecule has 0 saturated carbocycles. The third-order valence-electron chi connectivity index (χ3n) is 6.31. The minimum absolute atomic E-state index is 0.0195. The van der Waals surface area contributed by atoms with Crippen molar-refractivity contribution in [3.8, 4) is 11.5 Å². The number of aryl methyl sites for hydroxylation is 1. The van der Waals surface area contributed by atoms with Gasteiger partial charge in [-0.25, -0.2) is 8.42 Å². The van der Waals surface area contributed by atoms with Crippen LogP contribution < -0.4 is 14.3 Å². The molecule has 0 radical (unpaired) electrons. The van der Waals surface area contributed by atoms with Crippen molar-refractivity contribution in [1.29, 1.82) is 0 Å². The van der Waals surface area contributed by atoms with E-state index in [9.17, 15) is 13.2 Å². The Morgan fingerprint density at radius 3 is 2.50 bits per heavy atom. The number of ether oxygens (including phenoxy) is 2. The quantitative estimate of drug-likeness (QED) is 0.543. The molecule has 1 fully saturated rings. The van der Waals surface area contributed by atoms with E-state index in [1.807, 2.05) is 30.5 Å². The van der Waals surface area contributed by atoms with Crippen LogP contribution >= 0.6 is 11.3 Å². The fourth-order valence-corrected chi connectivity index (χ4v) is 7.28. The fraction of sp³-hybridized carbons (Fsp3) is 0.417. The van der Waals surface area contributed by atoms with Crippen molar-refractivity contribution in [2.45, 2.75) is 50.6 Å². The summed E-state index contributed by atoms with van der Waals surface area (Å²) < 4.78 is 42.0. The number of amides is 1. The molecule has 1 amide bonds. The van der Waals surface area contributed by atoms with E-state index >= 15 is 0 Å². The number of benzene rings is 2. The molecule has 0 N–H and O–H groups in total. The number of sulfonamides is 1. The molecule has 0 bridgehead atoms. The highest BCUT2D eigenvalue weighted by molar-refractivity contribution is 7.89. The minimum atomic E-state index is -3.58. The Morgan fingerprint density at radius 2 is 1.82 bits per heavy atom. The van der Waals surface area contributed by atoms with Crippen LogP contribution in [0.5, 0.6) is 11.5 Å².